The number of rotatable bonds is 5. The number of aromatic nitrogens is 1. The van der Waals surface area contributed by atoms with Crippen molar-refractivity contribution in [2.45, 2.75) is 33.1 Å². The van der Waals surface area contributed by atoms with Crippen LogP contribution in [0.5, 0.6) is 0 Å². The summed E-state index contributed by atoms with van der Waals surface area (Å²) in [5, 5.41) is 10.7. The van der Waals surface area contributed by atoms with E-state index in [0.29, 0.717) is 34.8 Å². The van der Waals surface area contributed by atoms with E-state index in [1.807, 2.05) is 0 Å². The first-order valence-corrected chi connectivity index (χ1v) is 7.02. The standard InChI is InChI=1S/C13H14N2O4S/c1-7-8(2)12(19)15(11(7)18)13-14-9(6-20-13)4-3-5-10(16)17/h6H,3-5H2,1-2H3,(H,16,17). The smallest absolute Gasteiger partial charge is 0.303 e. The molecule has 7 heteroatoms. The Kier molecular flexibility index (Phi) is 3.99. The van der Waals surface area contributed by atoms with Crippen molar-refractivity contribution in [2.75, 3.05) is 4.90 Å². The van der Waals surface area contributed by atoms with Crippen LogP contribution in [-0.2, 0) is 20.8 Å². The van der Waals surface area contributed by atoms with E-state index in [9.17, 15) is 14.4 Å². The Labute approximate surface area is 119 Å². The number of carbonyl (C=O) groups excluding carboxylic acids is 2. The van der Waals surface area contributed by atoms with Crippen LogP contribution in [0.25, 0.3) is 0 Å². The number of carboxylic acids is 1. The predicted molar refractivity (Wildman–Crippen MR) is 73.6 cm³/mol. The molecule has 0 aliphatic carbocycles. The molecule has 0 unspecified atom stereocenters. The number of imide groups is 1. The topological polar surface area (TPSA) is 87.6 Å². The van der Waals surface area contributed by atoms with Crippen LogP contribution in [0, 0.1) is 0 Å². The van der Waals surface area contributed by atoms with Gasteiger partial charge >= 0.3 is 5.97 Å². The Morgan fingerprint density at radius 3 is 2.45 bits per heavy atom. The Hall–Kier alpha value is -2.02. The van der Waals surface area contributed by atoms with Crippen LogP contribution in [-0.4, -0.2) is 27.9 Å². The van der Waals surface area contributed by atoms with Crippen molar-refractivity contribution >= 4 is 34.3 Å². The molecular weight excluding hydrogens is 280 g/mol. The molecule has 2 rings (SSSR count). The van der Waals surface area contributed by atoms with Gasteiger partial charge in [-0.05, 0) is 26.7 Å². The Bertz CT molecular complexity index is 594. The summed E-state index contributed by atoms with van der Waals surface area (Å²) in [6.07, 6.45) is 1.08. The molecule has 0 aromatic carbocycles. The van der Waals surface area contributed by atoms with Gasteiger partial charge in [-0.3, -0.25) is 14.4 Å². The molecule has 2 amide bonds. The SMILES string of the molecule is CC1=C(C)C(=O)N(c2nc(CCCC(=O)O)cs2)C1=O. The van der Waals surface area contributed by atoms with E-state index in [0.717, 1.165) is 4.90 Å². The molecule has 1 aromatic rings. The number of anilines is 1. The van der Waals surface area contributed by atoms with E-state index in [4.69, 9.17) is 5.11 Å². The van der Waals surface area contributed by atoms with E-state index in [1.165, 1.54) is 11.3 Å². The van der Waals surface area contributed by atoms with Crippen molar-refractivity contribution in [3.05, 3.63) is 22.2 Å². The number of aryl methyl sites for hydroxylation is 1. The van der Waals surface area contributed by atoms with Crippen molar-refractivity contribution in [3.63, 3.8) is 0 Å². The Morgan fingerprint density at radius 2 is 1.90 bits per heavy atom. The fraction of sp³-hybridized carbons (Fsp3) is 0.385. The van der Waals surface area contributed by atoms with E-state index in [1.54, 1.807) is 19.2 Å². The molecule has 0 bridgehead atoms. The molecule has 1 aliphatic rings. The average molecular weight is 294 g/mol. The third-order valence-electron chi connectivity index (χ3n) is 3.16. The fourth-order valence-corrected chi connectivity index (χ4v) is 2.71. The van der Waals surface area contributed by atoms with Gasteiger partial charge in [-0.25, -0.2) is 9.88 Å². The zero-order chi connectivity index (χ0) is 14.9. The summed E-state index contributed by atoms with van der Waals surface area (Å²) >= 11 is 1.22. The van der Waals surface area contributed by atoms with Gasteiger partial charge in [0, 0.05) is 22.9 Å². The van der Waals surface area contributed by atoms with Crippen LogP contribution < -0.4 is 4.90 Å². The molecule has 0 radical (unpaired) electrons. The molecule has 1 aromatic heterocycles. The molecule has 1 N–H and O–H groups in total. The van der Waals surface area contributed by atoms with Crippen molar-refractivity contribution in [1.82, 2.24) is 4.98 Å². The largest absolute Gasteiger partial charge is 0.481 e. The zero-order valence-electron chi connectivity index (χ0n) is 11.2. The van der Waals surface area contributed by atoms with E-state index >= 15 is 0 Å². The minimum Gasteiger partial charge on any atom is -0.481 e. The number of carboxylic acid groups (broad SMARTS) is 1. The number of carbonyl (C=O) groups is 3. The highest BCUT2D eigenvalue weighted by atomic mass is 32.1. The van der Waals surface area contributed by atoms with Crippen LogP contribution in [0.1, 0.15) is 32.4 Å². The summed E-state index contributed by atoms with van der Waals surface area (Å²) in [7, 11) is 0. The minimum absolute atomic E-state index is 0.0776. The summed E-state index contributed by atoms with van der Waals surface area (Å²) in [6.45, 7) is 3.24. The van der Waals surface area contributed by atoms with Gasteiger partial charge in [0.05, 0.1) is 5.69 Å². The summed E-state index contributed by atoms with van der Waals surface area (Å²) in [4.78, 5) is 39.7. The number of hydrogen-bond donors (Lipinski definition) is 1. The van der Waals surface area contributed by atoms with Gasteiger partial charge < -0.3 is 5.11 Å². The van der Waals surface area contributed by atoms with Crippen LogP contribution >= 0.6 is 11.3 Å². The molecule has 0 spiro atoms. The number of nitrogens with zero attached hydrogens (tertiary/aromatic N) is 2. The summed E-state index contributed by atoms with van der Waals surface area (Å²) < 4.78 is 0. The molecule has 1 aliphatic heterocycles. The van der Waals surface area contributed by atoms with Crippen molar-refractivity contribution in [1.29, 1.82) is 0 Å². The lowest BCUT2D eigenvalue weighted by Crippen LogP contribution is -2.31. The van der Waals surface area contributed by atoms with Gasteiger partial charge in [-0.2, -0.15) is 0 Å². The lowest BCUT2D eigenvalue weighted by molar-refractivity contribution is -0.137. The zero-order valence-corrected chi connectivity index (χ0v) is 12.0. The first-order valence-electron chi connectivity index (χ1n) is 6.14. The fourth-order valence-electron chi connectivity index (χ4n) is 1.86. The summed E-state index contributed by atoms with van der Waals surface area (Å²) in [5.74, 6) is -1.52. The molecule has 106 valence electrons. The van der Waals surface area contributed by atoms with Crippen LogP contribution in [0.3, 0.4) is 0 Å². The van der Waals surface area contributed by atoms with Crippen LogP contribution in [0.2, 0.25) is 0 Å². The lowest BCUT2D eigenvalue weighted by atomic mass is 10.2. The quantitative estimate of drug-likeness (QED) is 0.836. The molecule has 0 saturated carbocycles. The van der Waals surface area contributed by atoms with Crippen molar-refractivity contribution < 1.29 is 19.5 Å². The van der Waals surface area contributed by atoms with Gasteiger partial charge in [-0.15, -0.1) is 11.3 Å². The van der Waals surface area contributed by atoms with E-state index in [-0.39, 0.29) is 18.2 Å². The third kappa shape index (κ3) is 2.62. The molecule has 20 heavy (non-hydrogen) atoms. The van der Waals surface area contributed by atoms with E-state index < -0.39 is 5.97 Å². The van der Waals surface area contributed by atoms with Gasteiger partial charge in [0.15, 0.2) is 5.13 Å². The van der Waals surface area contributed by atoms with E-state index in [2.05, 4.69) is 4.98 Å². The van der Waals surface area contributed by atoms with Crippen LogP contribution in [0.15, 0.2) is 16.5 Å². The Morgan fingerprint density at radius 1 is 1.30 bits per heavy atom. The predicted octanol–water partition coefficient (Wildman–Crippen LogP) is 1.76. The maximum absolute atomic E-state index is 12.0. The summed E-state index contributed by atoms with van der Waals surface area (Å²) in [5.41, 5.74) is 1.59. The molecule has 0 saturated heterocycles. The normalized spacial score (nSPS) is 15.4. The first kappa shape index (κ1) is 14.4. The first-order chi connectivity index (χ1) is 9.41. The second-order valence-corrected chi connectivity index (χ2v) is 5.40. The second-order valence-electron chi connectivity index (χ2n) is 4.56. The highest BCUT2D eigenvalue weighted by Gasteiger charge is 2.36. The minimum atomic E-state index is -0.846. The van der Waals surface area contributed by atoms with Gasteiger partial charge in [0.25, 0.3) is 11.8 Å². The third-order valence-corrected chi connectivity index (χ3v) is 4.04. The monoisotopic (exact) mass is 294 g/mol. The molecule has 0 atom stereocenters. The maximum atomic E-state index is 12.0. The highest BCUT2D eigenvalue weighted by Crippen LogP contribution is 2.29. The van der Waals surface area contributed by atoms with Gasteiger partial charge in [0.2, 0.25) is 0 Å². The maximum Gasteiger partial charge on any atom is 0.303 e. The number of hydrogen-bond acceptors (Lipinski definition) is 5. The van der Waals surface area contributed by atoms with Crippen molar-refractivity contribution in [2.24, 2.45) is 0 Å². The molecule has 2 heterocycles. The number of amides is 2. The van der Waals surface area contributed by atoms with Gasteiger partial charge in [0.1, 0.15) is 0 Å². The molecule has 0 fully saturated rings. The van der Waals surface area contributed by atoms with Crippen LogP contribution in [0.4, 0.5) is 5.13 Å². The summed E-state index contributed by atoms with van der Waals surface area (Å²) in [6, 6.07) is 0. The lowest BCUT2D eigenvalue weighted by Gasteiger charge is -2.10. The molecule has 6 nitrogen and oxygen atoms in total. The van der Waals surface area contributed by atoms with Gasteiger partial charge in [-0.1, -0.05) is 0 Å². The highest BCUT2D eigenvalue weighted by molar-refractivity contribution is 7.14. The second kappa shape index (κ2) is 5.54. The number of thiazole rings is 1. The Balaban J connectivity index is 2.09. The molecular formula is C13H14N2O4S. The average Bonchev–Trinajstić information content (AvgIpc) is 2.91. The number of aliphatic carboxylic acids is 1. The van der Waals surface area contributed by atoms with Crippen molar-refractivity contribution in [3.8, 4) is 0 Å².